The number of aryl methyl sites for hydroxylation is 1. The molecule has 1 aromatic heterocycles. The Hall–Kier alpha value is -0.700. The first-order chi connectivity index (χ1) is 7.27. The summed E-state index contributed by atoms with van der Waals surface area (Å²) in [6.07, 6.45) is 5.73. The van der Waals surface area contributed by atoms with Gasteiger partial charge in [0.1, 0.15) is 0 Å². The number of rotatable bonds is 7. The van der Waals surface area contributed by atoms with Gasteiger partial charge < -0.3 is 4.57 Å². The maximum atomic E-state index is 11.4. The molecule has 1 rings (SSSR count). The second-order valence-electron chi connectivity index (χ2n) is 3.47. The third-order valence-corrected chi connectivity index (χ3v) is 3.29. The fourth-order valence-electron chi connectivity index (χ4n) is 1.44. The molecule has 0 fully saturated rings. The first-order valence-electron chi connectivity index (χ1n) is 5.54. The van der Waals surface area contributed by atoms with E-state index < -0.39 is 0 Å². The van der Waals surface area contributed by atoms with Crippen LogP contribution in [0.3, 0.4) is 0 Å². The highest BCUT2D eigenvalue weighted by molar-refractivity contribution is 7.99. The van der Waals surface area contributed by atoms with Crippen molar-refractivity contribution in [3.05, 3.63) is 24.0 Å². The van der Waals surface area contributed by atoms with Crippen molar-refractivity contribution in [3.8, 4) is 0 Å². The molecule has 0 aliphatic rings. The highest BCUT2D eigenvalue weighted by atomic mass is 32.2. The minimum atomic E-state index is 0.233. The topological polar surface area (TPSA) is 22.0 Å². The number of ketones is 1. The molecule has 0 aromatic carbocycles. The Kier molecular flexibility index (Phi) is 5.54. The van der Waals surface area contributed by atoms with Crippen molar-refractivity contribution in [2.45, 2.75) is 33.2 Å². The summed E-state index contributed by atoms with van der Waals surface area (Å²) >= 11 is 1.96. The quantitative estimate of drug-likeness (QED) is 0.525. The number of thioether (sulfide) groups is 1. The normalized spacial score (nSPS) is 10.5. The number of hydrogen-bond donors (Lipinski definition) is 0. The lowest BCUT2D eigenvalue weighted by atomic mass is 10.2. The van der Waals surface area contributed by atoms with Gasteiger partial charge in [0.2, 0.25) is 0 Å². The van der Waals surface area contributed by atoms with E-state index in [9.17, 15) is 4.79 Å². The van der Waals surface area contributed by atoms with Crippen LogP contribution in [0.25, 0.3) is 0 Å². The summed E-state index contributed by atoms with van der Waals surface area (Å²) in [5.41, 5.74) is 0.848. The standard InChI is InChI=1S/C12H19NOS/c1-3-12(14)11-6-8-13(10-11)7-5-9-15-4-2/h6,8,10H,3-5,7,9H2,1-2H3. The molecular formula is C12H19NOS. The Morgan fingerprint density at radius 1 is 1.47 bits per heavy atom. The van der Waals surface area contributed by atoms with E-state index in [1.165, 1.54) is 17.9 Å². The molecular weight excluding hydrogens is 206 g/mol. The smallest absolute Gasteiger partial charge is 0.164 e. The van der Waals surface area contributed by atoms with E-state index in [1.54, 1.807) is 0 Å². The van der Waals surface area contributed by atoms with Crippen molar-refractivity contribution in [2.75, 3.05) is 11.5 Å². The van der Waals surface area contributed by atoms with Gasteiger partial charge in [0.25, 0.3) is 0 Å². The fourth-order valence-corrected chi connectivity index (χ4v) is 2.06. The highest BCUT2D eigenvalue weighted by Gasteiger charge is 2.04. The Morgan fingerprint density at radius 3 is 2.93 bits per heavy atom. The van der Waals surface area contributed by atoms with Gasteiger partial charge in [-0.15, -0.1) is 0 Å². The van der Waals surface area contributed by atoms with Gasteiger partial charge in [0.15, 0.2) is 5.78 Å². The van der Waals surface area contributed by atoms with Gasteiger partial charge in [0.05, 0.1) is 0 Å². The molecule has 1 aromatic rings. The molecule has 0 unspecified atom stereocenters. The van der Waals surface area contributed by atoms with E-state index in [2.05, 4.69) is 11.5 Å². The van der Waals surface area contributed by atoms with E-state index in [-0.39, 0.29) is 5.78 Å². The minimum Gasteiger partial charge on any atom is -0.353 e. The van der Waals surface area contributed by atoms with Crippen LogP contribution < -0.4 is 0 Å². The van der Waals surface area contributed by atoms with E-state index in [4.69, 9.17) is 0 Å². The van der Waals surface area contributed by atoms with Crippen molar-refractivity contribution >= 4 is 17.5 Å². The molecule has 0 spiro atoms. The molecule has 0 atom stereocenters. The van der Waals surface area contributed by atoms with Crippen molar-refractivity contribution in [1.29, 1.82) is 0 Å². The van der Waals surface area contributed by atoms with Crippen molar-refractivity contribution < 1.29 is 4.79 Å². The first-order valence-corrected chi connectivity index (χ1v) is 6.70. The number of Topliss-reactive ketones (excluding diaryl/α,β-unsaturated/α-hetero) is 1. The van der Waals surface area contributed by atoms with E-state index in [0.717, 1.165) is 12.1 Å². The first kappa shape index (κ1) is 12.4. The van der Waals surface area contributed by atoms with Gasteiger partial charge in [-0.25, -0.2) is 0 Å². The third kappa shape index (κ3) is 4.12. The van der Waals surface area contributed by atoms with Gasteiger partial charge in [-0.1, -0.05) is 13.8 Å². The van der Waals surface area contributed by atoms with Crippen LogP contribution in [-0.2, 0) is 6.54 Å². The molecule has 2 nitrogen and oxygen atoms in total. The molecule has 0 amide bonds. The molecule has 15 heavy (non-hydrogen) atoms. The Balaban J connectivity index is 2.36. The average molecular weight is 225 g/mol. The molecule has 3 heteroatoms. The van der Waals surface area contributed by atoms with Gasteiger partial charge in [-0.3, -0.25) is 4.79 Å². The van der Waals surface area contributed by atoms with Gasteiger partial charge >= 0.3 is 0 Å². The fraction of sp³-hybridized carbons (Fsp3) is 0.583. The summed E-state index contributed by atoms with van der Waals surface area (Å²) in [6.45, 7) is 5.10. The number of carbonyl (C=O) groups excluding carboxylic acids is 1. The predicted molar refractivity (Wildman–Crippen MR) is 66.7 cm³/mol. The summed E-state index contributed by atoms with van der Waals surface area (Å²) in [7, 11) is 0. The SMILES string of the molecule is CCSCCCn1ccc(C(=O)CC)c1. The largest absolute Gasteiger partial charge is 0.353 e. The van der Waals surface area contributed by atoms with Crippen molar-refractivity contribution in [2.24, 2.45) is 0 Å². The van der Waals surface area contributed by atoms with Crippen molar-refractivity contribution in [3.63, 3.8) is 0 Å². The molecule has 0 N–H and O–H groups in total. The summed E-state index contributed by atoms with van der Waals surface area (Å²) in [5.74, 6) is 2.62. The Morgan fingerprint density at radius 2 is 2.27 bits per heavy atom. The minimum absolute atomic E-state index is 0.233. The number of hydrogen-bond acceptors (Lipinski definition) is 2. The second-order valence-corrected chi connectivity index (χ2v) is 4.86. The molecule has 0 bridgehead atoms. The summed E-state index contributed by atoms with van der Waals surface area (Å²) in [6, 6.07) is 1.92. The van der Waals surface area contributed by atoms with Crippen LogP contribution >= 0.6 is 11.8 Å². The van der Waals surface area contributed by atoms with Gasteiger partial charge in [0, 0.05) is 30.9 Å². The predicted octanol–water partition coefficient (Wildman–Crippen LogP) is 3.22. The third-order valence-electron chi connectivity index (χ3n) is 2.30. The maximum absolute atomic E-state index is 11.4. The zero-order valence-electron chi connectivity index (χ0n) is 9.53. The van der Waals surface area contributed by atoms with Crippen LogP contribution in [0.1, 0.15) is 37.0 Å². The number of nitrogens with zero attached hydrogens (tertiary/aromatic N) is 1. The average Bonchev–Trinajstić information content (AvgIpc) is 2.72. The van der Waals surface area contributed by atoms with Crippen LogP contribution in [0.2, 0.25) is 0 Å². The molecule has 84 valence electrons. The zero-order valence-corrected chi connectivity index (χ0v) is 10.3. The van der Waals surface area contributed by atoms with E-state index >= 15 is 0 Å². The van der Waals surface area contributed by atoms with Gasteiger partial charge in [-0.2, -0.15) is 11.8 Å². The maximum Gasteiger partial charge on any atom is 0.164 e. The van der Waals surface area contributed by atoms with Crippen LogP contribution in [0.4, 0.5) is 0 Å². The van der Waals surface area contributed by atoms with Gasteiger partial charge in [-0.05, 0) is 24.0 Å². The lowest BCUT2D eigenvalue weighted by Crippen LogP contribution is -1.98. The lowest BCUT2D eigenvalue weighted by molar-refractivity contribution is 0.0988. The molecule has 0 saturated carbocycles. The van der Waals surface area contributed by atoms with Crippen LogP contribution in [-0.4, -0.2) is 21.9 Å². The van der Waals surface area contributed by atoms with E-state index in [0.29, 0.717) is 6.42 Å². The van der Waals surface area contributed by atoms with Crippen LogP contribution in [0.15, 0.2) is 18.5 Å². The molecule has 0 aliphatic heterocycles. The Labute approximate surface area is 96.1 Å². The number of carbonyl (C=O) groups is 1. The van der Waals surface area contributed by atoms with Crippen LogP contribution in [0, 0.1) is 0 Å². The van der Waals surface area contributed by atoms with E-state index in [1.807, 2.05) is 37.1 Å². The number of aromatic nitrogens is 1. The molecule has 0 aliphatic carbocycles. The summed E-state index contributed by atoms with van der Waals surface area (Å²) in [5, 5.41) is 0. The zero-order chi connectivity index (χ0) is 11.1. The molecule has 0 saturated heterocycles. The summed E-state index contributed by atoms with van der Waals surface area (Å²) in [4.78, 5) is 11.4. The molecule has 0 radical (unpaired) electrons. The monoisotopic (exact) mass is 225 g/mol. The second kappa shape index (κ2) is 6.72. The lowest BCUT2D eigenvalue weighted by Gasteiger charge is -2.01. The molecule has 1 heterocycles. The van der Waals surface area contributed by atoms with Crippen LogP contribution in [0.5, 0.6) is 0 Å². The van der Waals surface area contributed by atoms with Crippen molar-refractivity contribution in [1.82, 2.24) is 4.57 Å². The Bertz CT molecular complexity index is 306. The summed E-state index contributed by atoms with van der Waals surface area (Å²) < 4.78 is 2.11. The highest BCUT2D eigenvalue weighted by Crippen LogP contribution is 2.07.